The van der Waals surface area contributed by atoms with Crippen LogP contribution in [0.5, 0.6) is 0 Å². The highest BCUT2D eigenvalue weighted by Gasteiger charge is 2.39. The lowest BCUT2D eigenvalue weighted by Gasteiger charge is -2.14. The van der Waals surface area contributed by atoms with Crippen molar-refractivity contribution in [2.45, 2.75) is 25.1 Å². The predicted octanol–water partition coefficient (Wildman–Crippen LogP) is 3.94. The smallest absolute Gasteiger partial charge is 0.273 e. The summed E-state index contributed by atoms with van der Waals surface area (Å²) >= 11 is 1.07. The number of hydrogen-bond acceptors (Lipinski definition) is 3. The highest BCUT2D eigenvalue weighted by molar-refractivity contribution is 8.15. The third kappa shape index (κ3) is 3.62. The van der Waals surface area contributed by atoms with Crippen LogP contribution < -0.4 is 0 Å². The number of rotatable bonds is 4. The Morgan fingerprint density at radius 3 is 2.26 bits per heavy atom. The van der Waals surface area contributed by atoms with Crippen molar-refractivity contribution in [1.82, 2.24) is 4.90 Å². The molecule has 0 unspecified atom stereocenters. The van der Waals surface area contributed by atoms with Gasteiger partial charge in [-0.25, -0.2) is 4.39 Å². The van der Waals surface area contributed by atoms with E-state index in [0.29, 0.717) is 6.42 Å². The van der Waals surface area contributed by atoms with Gasteiger partial charge < -0.3 is 0 Å². The fourth-order valence-corrected chi connectivity index (χ4v) is 3.51. The molecule has 118 valence electrons. The topological polar surface area (TPSA) is 37.4 Å². The van der Waals surface area contributed by atoms with Crippen LogP contribution in [0.4, 0.5) is 9.18 Å². The molecule has 3 rings (SSSR count). The quantitative estimate of drug-likeness (QED) is 0.852. The number of thioether (sulfide) groups is 1. The van der Waals surface area contributed by atoms with Crippen molar-refractivity contribution in [3.8, 4) is 0 Å². The molecule has 0 N–H and O–H groups in total. The van der Waals surface area contributed by atoms with Crippen LogP contribution in [0, 0.1) is 12.7 Å². The van der Waals surface area contributed by atoms with E-state index >= 15 is 0 Å². The second kappa shape index (κ2) is 6.54. The summed E-state index contributed by atoms with van der Waals surface area (Å²) in [6, 6.07) is 13.8. The average molecular weight is 329 g/mol. The summed E-state index contributed by atoms with van der Waals surface area (Å²) in [5.74, 6) is -0.510. The van der Waals surface area contributed by atoms with Gasteiger partial charge in [-0.3, -0.25) is 14.5 Å². The van der Waals surface area contributed by atoms with E-state index in [0.717, 1.165) is 28.5 Å². The van der Waals surface area contributed by atoms with E-state index in [-0.39, 0.29) is 28.8 Å². The molecule has 1 aliphatic heterocycles. The van der Waals surface area contributed by atoms with Gasteiger partial charge in [0.25, 0.3) is 5.24 Å². The standard InChI is InChI=1S/C18H16FNO2S/c1-12-2-4-13(5-3-12)10-16-17(21)20(18(22)23-16)11-14-6-8-15(19)9-7-14/h2-9,16H,10-11H2,1H3/t16-/m0/s1. The molecule has 2 amide bonds. The zero-order valence-electron chi connectivity index (χ0n) is 12.7. The normalized spacial score (nSPS) is 17.8. The third-order valence-corrected chi connectivity index (χ3v) is 4.88. The number of halogens is 1. The number of imide groups is 1. The van der Waals surface area contributed by atoms with E-state index in [9.17, 15) is 14.0 Å². The lowest BCUT2D eigenvalue weighted by atomic mass is 10.1. The Morgan fingerprint density at radius 1 is 1.00 bits per heavy atom. The lowest BCUT2D eigenvalue weighted by molar-refractivity contribution is -0.127. The van der Waals surface area contributed by atoms with E-state index in [2.05, 4.69) is 0 Å². The Hall–Kier alpha value is -2.14. The largest absolute Gasteiger partial charge is 0.289 e. The van der Waals surface area contributed by atoms with Gasteiger partial charge in [0.1, 0.15) is 5.82 Å². The molecule has 1 saturated heterocycles. The number of carbonyl (C=O) groups excluding carboxylic acids is 2. The number of benzene rings is 2. The number of hydrogen-bond donors (Lipinski definition) is 0. The summed E-state index contributed by atoms with van der Waals surface area (Å²) in [5, 5.41) is -0.623. The predicted molar refractivity (Wildman–Crippen MR) is 88.6 cm³/mol. The molecule has 1 atom stereocenters. The average Bonchev–Trinajstić information content (AvgIpc) is 2.79. The third-order valence-electron chi connectivity index (χ3n) is 3.80. The summed E-state index contributed by atoms with van der Waals surface area (Å²) in [7, 11) is 0. The second-order valence-corrected chi connectivity index (χ2v) is 6.77. The Morgan fingerprint density at radius 2 is 1.61 bits per heavy atom. The molecule has 0 radical (unpaired) electrons. The van der Waals surface area contributed by atoms with E-state index in [1.807, 2.05) is 31.2 Å². The van der Waals surface area contributed by atoms with Gasteiger partial charge in [-0.15, -0.1) is 0 Å². The maximum absolute atomic E-state index is 12.9. The SMILES string of the molecule is Cc1ccc(C[C@@H]2SC(=O)N(Cc3ccc(F)cc3)C2=O)cc1. The first-order chi connectivity index (χ1) is 11.0. The van der Waals surface area contributed by atoms with Crippen LogP contribution in [0.25, 0.3) is 0 Å². The molecule has 23 heavy (non-hydrogen) atoms. The van der Waals surface area contributed by atoms with Crippen molar-refractivity contribution >= 4 is 22.9 Å². The van der Waals surface area contributed by atoms with Crippen LogP contribution in [0.1, 0.15) is 16.7 Å². The second-order valence-electron chi connectivity index (χ2n) is 5.61. The molecule has 5 heteroatoms. The first-order valence-electron chi connectivity index (χ1n) is 7.35. The number of carbonyl (C=O) groups is 2. The number of nitrogens with zero attached hydrogens (tertiary/aromatic N) is 1. The van der Waals surface area contributed by atoms with Crippen molar-refractivity contribution in [2.75, 3.05) is 0 Å². The molecule has 0 aliphatic carbocycles. The minimum atomic E-state index is -0.384. The van der Waals surface area contributed by atoms with Crippen LogP contribution in [0.15, 0.2) is 48.5 Å². The highest BCUT2D eigenvalue weighted by Crippen LogP contribution is 2.30. The van der Waals surface area contributed by atoms with E-state index in [1.165, 1.54) is 17.0 Å². The van der Waals surface area contributed by atoms with E-state index in [4.69, 9.17) is 0 Å². The molecule has 0 spiro atoms. The van der Waals surface area contributed by atoms with E-state index < -0.39 is 0 Å². The Kier molecular flexibility index (Phi) is 4.48. The van der Waals surface area contributed by atoms with Crippen molar-refractivity contribution in [3.63, 3.8) is 0 Å². The molecule has 0 aromatic heterocycles. The van der Waals surface area contributed by atoms with Gasteiger partial charge in [-0.2, -0.15) is 0 Å². The van der Waals surface area contributed by atoms with Gasteiger partial charge in [0.15, 0.2) is 0 Å². The van der Waals surface area contributed by atoms with Gasteiger partial charge in [0, 0.05) is 0 Å². The van der Waals surface area contributed by atoms with Crippen LogP contribution >= 0.6 is 11.8 Å². The Bertz CT molecular complexity index is 728. The summed E-state index contributed by atoms with van der Waals surface area (Å²) in [6.07, 6.45) is 0.537. The van der Waals surface area contributed by atoms with Gasteiger partial charge in [-0.05, 0) is 36.6 Å². The first kappa shape index (κ1) is 15.7. The highest BCUT2D eigenvalue weighted by atomic mass is 32.2. The van der Waals surface area contributed by atoms with E-state index in [1.54, 1.807) is 12.1 Å². The molecule has 2 aromatic carbocycles. The Labute approximate surface area is 138 Å². The maximum atomic E-state index is 12.9. The van der Waals surface area contributed by atoms with Crippen molar-refractivity contribution < 1.29 is 14.0 Å². The van der Waals surface area contributed by atoms with Gasteiger partial charge >= 0.3 is 0 Å². The Balaban J connectivity index is 1.69. The molecule has 0 bridgehead atoms. The van der Waals surface area contributed by atoms with Crippen molar-refractivity contribution in [2.24, 2.45) is 0 Å². The fourth-order valence-electron chi connectivity index (χ4n) is 2.48. The molecule has 3 nitrogen and oxygen atoms in total. The first-order valence-corrected chi connectivity index (χ1v) is 8.23. The fraction of sp³-hybridized carbons (Fsp3) is 0.222. The number of amides is 2. The van der Waals surface area contributed by atoms with Gasteiger partial charge in [-0.1, -0.05) is 53.7 Å². The van der Waals surface area contributed by atoms with Crippen LogP contribution in [0.2, 0.25) is 0 Å². The van der Waals surface area contributed by atoms with Crippen molar-refractivity contribution in [1.29, 1.82) is 0 Å². The molecular weight excluding hydrogens is 313 g/mol. The summed E-state index contributed by atoms with van der Waals surface area (Å²) in [4.78, 5) is 25.8. The maximum Gasteiger partial charge on any atom is 0.289 e. The minimum absolute atomic E-state index is 0.176. The molecule has 0 saturated carbocycles. The summed E-state index contributed by atoms with van der Waals surface area (Å²) < 4.78 is 12.9. The minimum Gasteiger partial charge on any atom is -0.273 e. The molecule has 2 aromatic rings. The van der Waals surface area contributed by atoms with Crippen LogP contribution in [-0.4, -0.2) is 21.3 Å². The zero-order chi connectivity index (χ0) is 16.4. The zero-order valence-corrected chi connectivity index (χ0v) is 13.5. The van der Waals surface area contributed by atoms with Crippen LogP contribution in [0.3, 0.4) is 0 Å². The van der Waals surface area contributed by atoms with Crippen molar-refractivity contribution in [3.05, 3.63) is 71.0 Å². The molecule has 1 fully saturated rings. The molecular formula is C18H16FNO2S. The van der Waals surface area contributed by atoms with Gasteiger partial charge in [0.05, 0.1) is 11.8 Å². The number of aryl methyl sites for hydroxylation is 1. The molecule has 1 heterocycles. The summed E-state index contributed by atoms with van der Waals surface area (Å²) in [6.45, 7) is 2.20. The molecule has 1 aliphatic rings. The van der Waals surface area contributed by atoms with Gasteiger partial charge in [0.2, 0.25) is 5.91 Å². The monoisotopic (exact) mass is 329 g/mol. The summed E-state index contributed by atoms with van der Waals surface area (Å²) in [5.41, 5.74) is 2.94. The van der Waals surface area contributed by atoms with Crippen LogP contribution in [-0.2, 0) is 17.8 Å². The lowest BCUT2D eigenvalue weighted by Crippen LogP contribution is -2.31.